The molecule has 0 radical (unpaired) electrons. The zero-order valence-electron chi connectivity index (χ0n) is 10.9. The van der Waals surface area contributed by atoms with Gasteiger partial charge in [-0.2, -0.15) is 8.42 Å². The third kappa shape index (κ3) is 5.16. The fourth-order valence-corrected chi connectivity index (χ4v) is 2.30. The Morgan fingerprint density at radius 1 is 1.42 bits per heavy atom. The molecule has 1 N–H and O–H groups in total. The molecule has 0 saturated heterocycles. The number of hydrogen-bond donors (Lipinski definition) is 1. The zero-order chi connectivity index (χ0) is 13.9. The van der Waals surface area contributed by atoms with Crippen LogP contribution in [0.15, 0.2) is 28.1 Å². The number of nitrogens with zero attached hydrogens (tertiary/aromatic N) is 1. The van der Waals surface area contributed by atoms with E-state index in [4.69, 9.17) is 4.55 Å². The van der Waals surface area contributed by atoms with Gasteiger partial charge in [0, 0.05) is 6.42 Å². The van der Waals surface area contributed by atoms with Crippen molar-refractivity contribution in [2.24, 2.45) is 4.99 Å². The standard InChI is InChI=1S/C11H13NO5S.Li/c1-7-4-3-5-9(11(7)18(15,16)17)12-10(14)6-8(2)13;/h3-5H,6H2,1-2H3,(H,12,14)(H,15,16,17);/q;+1/p-1. The van der Waals surface area contributed by atoms with E-state index in [1.807, 2.05) is 0 Å². The topological polar surface area (TPSA) is 107 Å². The van der Waals surface area contributed by atoms with Crippen LogP contribution in [-0.2, 0) is 14.9 Å². The molecule has 0 fully saturated rings. The van der Waals surface area contributed by atoms with E-state index in [9.17, 15) is 18.3 Å². The Labute approximate surface area is 123 Å². The predicted molar refractivity (Wildman–Crippen MR) is 63.4 cm³/mol. The third-order valence-corrected chi connectivity index (χ3v) is 3.14. The summed E-state index contributed by atoms with van der Waals surface area (Å²) in [6.07, 6.45) is -0.404. The SMILES string of the molecule is CC(=O)CC([O-])=Nc1cccc(C)c1S(=O)(=O)O.[Li+]. The van der Waals surface area contributed by atoms with Gasteiger partial charge in [0.05, 0.1) is 5.69 Å². The van der Waals surface area contributed by atoms with Crippen molar-refractivity contribution < 1.29 is 41.7 Å². The molecule has 0 unspecified atom stereocenters. The van der Waals surface area contributed by atoms with Gasteiger partial charge in [-0.3, -0.25) is 14.3 Å². The molecule has 0 heterocycles. The minimum atomic E-state index is -4.47. The van der Waals surface area contributed by atoms with Gasteiger partial charge >= 0.3 is 18.9 Å². The number of hydrogen-bond acceptors (Lipinski definition) is 5. The molecule has 0 aromatic heterocycles. The van der Waals surface area contributed by atoms with Crippen LogP contribution in [0.25, 0.3) is 0 Å². The number of carbonyl (C=O) groups excluding carboxylic acids is 1. The van der Waals surface area contributed by atoms with Gasteiger partial charge in [0.2, 0.25) is 0 Å². The van der Waals surface area contributed by atoms with Crippen LogP contribution >= 0.6 is 0 Å². The first-order chi connectivity index (χ1) is 8.21. The number of carbonyl (C=O) groups is 1. The summed E-state index contributed by atoms with van der Waals surface area (Å²) in [5.41, 5.74) is 0.109. The van der Waals surface area contributed by atoms with Crippen molar-refractivity contribution >= 4 is 27.5 Å². The number of Topliss-reactive ketones (excluding diaryl/α,β-unsaturated/α-hetero) is 1. The summed E-state index contributed by atoms with van der Waals surface area (Å²) in [6, 6.07) is 4.26. The van der Waals surface area contributed by atoms with Gasteiger partial charge in [-0.25, -0.2) is 0 Å². The Morgan fingerprint density at radius 3 is 2.47 bits per heavy atom. The molecule has 6 nitrogen and oxygen atoms in total. The van der Waals surface area contributed by atoms with Crippen molar-refractivity contribution in [2.45, 2.75) is 25.2 Å². The Balaban J connectivity index is 0.00000324. The van der Waals surface area contributed by atoms with Crippen LogP contribution in [0.2, 0.25) is 0 Å². The van der Waals surface area contributed by atoms with Crippen molar-refractivity contribution in [3.05, 3.63) is 23.8 Å². The normalized spacial score (nSPS) is 11.8. The summed E-state index contributed by atoms with van der Waals surface area (Å²) >= 11 is 0. The van der Waals surface area contributed by atoms with Crippen LogP contribution in [0.1, 0.15) is 18.9 Å². The summed E-state index contributed by atoms with van der Waals surface area (Å²) in [7, 11) is -4.47. The van der Waals surface area contributed by atoms with Crippen molar-refractivity contribution in [1.29, 1.82) is 0 Å². The van der Waals surface area contributed by atoms with Gasteiger partial charge in [-0.05, 0) is 31.4 Å². The quantitative estimate of drug-likeness (QED) is 0.286. The molecular formula is C11H12LiNO5S. The molecule has 0 bridgehead atoms. The molecule has 8 heteroatoms. The van der Waals surface area contributed by atoms with Crippen LogP contribution in [0, 0.1) is 6.92 Å². The van der Waals surface area contributed by atoms with E-state index in [2.05, 4.69) is 4.99 Å². The molecule has 0 amide bonds. The molecule has 0 spiro atoms. The van der Waals surface area contributed by atoms with E-state index in [0.29, 0.717) is 0 Å². The summed E-state index contributed by atoms with van der Waals surface area (Å²) in [5.74, 6) is -1.12. The number of aliphatic imine (C=N–C) groups is 1. The molecule has 0 saturated carbocycles. The fourth-order valence-electron chi connectivity index (χ4n) is 1.45. The van der Waals surface area contributed by atoms with Gasteiger partial charge in [0.25, 0.3) is 10.1 Å². The van der Waals surface area contributed by atoms with Gasteiger partial charge in [-0.15, -0.1) is 0 Å². The molecule has 0 atom stereocenters. The van der Waals surface area contributed by atoms with Crippen LogP contribution in [0.5, 0.6) is 0 Å². The van der Waals surface area contributed by atoms with E-state index < -0.39 is 27.3 Å². The van der Waals surface area contributed by atoms with Gasteiger partial charge in [-0.1, -0.05) is 12.1 Å². The first-order valence-electron chi connectivity index (χ1n) is 5.03. The third-order valence-electron chi connectivity index (χ3n) is 2.09. The Hall–Kier alpha value is -1.13. The van der Waals surface area contributed by atoms with Crippen LogP contribution in [-0.4, -0.2) is 24.7 Å². The largest absolute Gasteiger partial charge is 1.00 e. The average molecular weight is 277 g/mol. The summed E-state index contributed by atoms with van der Waals surface area (Å²) in [6.45, 7) is 2.70. The summed E-state index contributed by atoms with van der Waals surface area (Å²) in [5, 5.41) is 11.3. The van der Waals surface area contributed by atoms with Crippen LogP contribution in [0.3, 0.4) is 0 Å². The number of aryl methyl sites for hydroxylation is 1. The second kappa shape index (κ2) is 6.87. The zero-order valence-corrected chi connectivity index (χ0v) is 11.7. The van der Waals surface area contributed by atoms with Gasteiger partial charge in [0.15, 0.2) is 0 Å². The van der Waals surface area contributed by atoms with Crippen molar-refractivity contribution in [3.8, 4) is 0 Å². The molecule has 0 aliphatic rings. The van der Waals surface area contributed by atoms with Crippen LogP contribution < -0.4 is 24.0 Å². The Morgan fingerprint density at radius 2 is 2.00 bits per heavy atom. The number of benzene rings is 1. The van der Waals surface area contributed by atoms with E-state index in [1.165, 1.54) is 32.0 Å². The molecule has 0 aliphatic heterocycles. The van der Waals surface area contributed by atoms with Gasteiger partial charge in [0.1, 0.15) is 10.7 Å². The molecule has 0 aliphatic carbocycles. The second-order valence-electron chi connectivity index (χ2n) is 3.78. The van der Waals surface area contributed by atoms with Crippen LogP contribution in [0.4, 0.5) is 5.69 Å². The monoisotopic (exact) mass is 277 g/mol. The number of rotatable bonds is 4. The van der Waals surface area contributed by atoms with E-state index in [1.54, 1.807) is 0 Å². The maximum Gasteiger partial charge on any atom is 1.00 e. The van der Waals surface area contributed by atoms with Crippen molar-refractivity contribution in [1.82, 2.24) is 0 Å². The first-order valence-corrected chi connectivity index (χ1v) is 6.47. The molecule has 19 heavy (non-hydrogen) atoms. The predicted octanol–water partition coefficient (Wildman–Crippen LogP) is -2.38. The van der Waals surface area contributed by atoms with E-state index >= 15 is 0 Å². The molecule has 1 aromatic rings. The molecule has 1 aromatic carbocycles. The van der Waals surface area contributed by atoms with Crippen molar-refractivity contribution in [2.75, 3.05) is 0 Å². The summed E-state index contributed by atoms with van der Waals surface area (Å²) < 4.78 is 31.5. The minimum Gasteiger partial charge on any atom is -0.861 e. The smallest absolute Gasteiger partial charge is 0.861 e. The Kier molecular flexibility index (Phi) is 6.46. The van der Waals surface area contributed by atoms with Gasteiger partial charge < -0.3 is 5.11 Å². The maximum atomic E-state index is 11.3. The first kappa shape index (κ1) is 17.9. The van der Waals surface area contributed by atoms with E-state index in [-0.39, 0.29) is 35.9 Å². The second-order valence-corrected chi connectivity index (χ2v) is 5.14. The molecular weight excluding hydrogens is 265 g/mol. The molecule has 98 valence electrons. The summed E-state index contributed by atoms with van der Waals surface area (Å²) in [4.78, 5) is 13.9. The Bertz CT molecular complexity index is 610. The average Bonchev–Trinajstić information content (AvgIpc) is 2.13. The number of ketones is 1. The molecule has 1 rings (SSSR count). The fraction of sp³-hybridized carbons (Fsp3) is 0.273. The minimum absolute atomic E-state index is 0. The van der Waals surface area contributed by atoms with E-state index in [0.717, 1.165) is 0 Å². The maximum absolute atomic E-state index is 11.3. The van der Waals surface area contributed by atoms with Crippen molar-refractivity contribution in [3.63, 3.8) is 0 Å².